The zero-order valence-electron chi connectivity index (χ0n) is 17.2. The number of fused-ring (bicyclic) bond motifs is 3. The molecule has 1 N–H and O–H groups in total. The summed E-state index contributed by atoms with van der Waals surface area (Å²) in [6.07, 6.45) is 5.63. The van der Waals surface area contributed by atoms with Crippen molar-refractivity contribution < 1.29 is 14.6 Å². The Hall–Kier alpha value is -2.86. The molecule has 6 nitrogen and oxygen atoms in total. The Labute approximate surface area is 176 Å². The molecule has 1 amide bonds. The van der Waals surface area contributed by atoms with Crippen LogP contribution in [0.4, 0.5) is 4.79 Å². The Morgan fingerprint density at radius 2 is 1.90 bits per heavy atom. The molecule has 5 rings (SSSR count). The topological polar surface area (TPSA) is 67.6 Å². The lowest BCUT2D eigenvalue weighted by molar-refractivity contribution is -0.0895. The lowest BCUT2D eigenvalue weighted by Crippen LogP contribution is -2.58. The average molecular weight is 405 g/mol. The Morgan fingerprint density at radius 1 is 1.17 bits per heavy atom. The number of benzene rings is 2. The van der Waals surface area contributed by atoms with Gasteiger partial charge in [0.1, 0.15) is 6.61 Å². The number of hydrogen-bond acceptors (Lipinski definition) is 4. The van der Waals surface area contributed by atoms with E-state index in [1.807, 2.05) is 66.7 Å². The van der Waals surface area contributed by atoms with E-state index in [4.69, 9.17) is 4.74 Å². The highest BCUT2D eigenvalue weighted by Crippen LogP contribution is 2.45. The van der Waals surface area contributed by atoms with Gasteiger partial charge < -0.3 is 14.7 Å². The summed E-state index contributed by atoms with van der Waals surface area (Å²) in [5.41, 5.74) is 1.81. The van der Waals surface area contributed by atoms with Gasteiger partial charge in [0.05, 0.1) is 11.1 Å². The van der Waals surface area contributed by atoms with Crippen molar-refractivity contribution in [3.63, 3.8) is 0 Å². The molecule has 2 fully saturated rings. The van der Waals surface area contributed by atoms with Crippen LogP contribution in [0.3, 0.4) is 0 Å². The van der Waals surface area contributed by atoms with Crippen LogP contribution in [0.15, 0.2) is 54.7 Å². The number of carbonyl (C=O) groups is 1. The molecule has 1 aromatic heterocycles. The maximum absolute atomic E-state index is 12.9. The third kappa shape index (κ3) is 3.45. The average Bonchev–Trinajstić information content (AvgIpc) is 3.11. The molecule has 0 aliphatic carbocycles. The van der Waals surface area contributed by atoms with Gasteiger partial charge >= 0.3 is 6.09 Å². The number of ether oxygens (including phenoxy) is 1. The van der Waals surface area contributed by atoms with E-state index in [1.165, 1.54) is 0 Å². The van der Waals surface area contributed by atoms with Crippen LogP contribution in [-0.4, -0.2) is 38.0 Å². The van der Waals surface area contributed by atoms with Gasteiger partial charge in [-0.05, 0) is 36.5 Å². The minimum absolute atomic E-state index is 0.00907. The molecule has 2 saturated heterocycles. The number of aryl methyl sites for hydroxylation is 1. The number of carbonyl (C=O) groups excluding carboxylic acids is 1. The second-order valence-electron chi connectivity index (χ2n) is 8.70. The Bertz CT molecular complexity index is 1050. The molecule has 2 aliphatic rings. The molecule has 156 valence electrons. The largest absolute Gasteiger partial charge is 0.445 e. The highest BCUT2D eigenvalue weighted by atomic mass is 16.6. The molecule has 3 heterocycles. The van der Waals surface area contributed by atoms with E-state index in [-0.39, 0.29) is 24.8 Å². The zero-order chi connectivity index (χ0) is 20.7. The number of hydrogen-bond donors (Lipinski definition) is 1. The Kier molecular flexibility index (Phi) is 4.74. The van der Waals surface area contributed by atoms with Gasteiger partial charge in [-0.3, -0.25) is 4.68 Å². The summed E-state index contributed by atoms with van der Waals surface area (Å²) in [7, 11) is 1.90. The molecule has 2 atom stereocenters. The van der Waals surface area contributed by atoms with Crippen LogP contribution in [-0.2, 0) is 24.0 Å². The quantitative estimate of drug-likeness (QED) is 0.712. The first-order valence-corrected chi connectivity index (χ1v) is 10.7. The van der Waals surface area contributed by atoms with Gasteiger partial charge in [-0.25, -0.2) is 4.79 Å². The van der Waals surface area contributed by atoms with E-state index >= 15 is 0 Å². The third-order valence-electron chi connectivity index (χ3n) is 6.58. The summed E-state index contributed by atoms with van der Waals surface area (Å²) >= 11 is 0. The van der Waals surface area contributed by atoms with E-state index in [0.717, 1.165) is 41.3 Å². The predicted molar refractivity (Wildman–Crippen MR) is 114 cm³/mol. The summed E-state index contributed by atoms with van der Waals surface area (Å²) < 4.78 is 7.42. The lowest BCUT2D eigenvalue weighted by Gasteiger charge is -2.51. The molecule has 0 radical (unpaired) electrons. The second kappa shape index (κ2) is 7.43. The maximum Gasteiger partial charge on any atom is 0.410 e. The van der Waals surface area contributed by atoms with Gasteiger partial charge in [0.25, 0.3) is 0 Å². The number of nitrogens with zero attached hydrogens (tertiary/aromatic N) is 3. The first kappa shape index (κ1) is 19.1. The standard InChI is InChI=1S/C24H27N3O3/c1-26-15-18-10-11-19(12-22(18)25-26)24(29)13-20-8-5-9-21(14-24)27(20)23(28)30-16-17-6-3-2-4-7-17/h2-4,6-7,10-12,15,20-21,29H,5,8-9,13-14,16H2,1H3. The second-order valence-corrected chi connectivity index (χ2v) is 8.70. The summed E-state index contributed by atoms with van der Waals surface area (Å²) in [5.74, 6) is 0. The molecule has 2 bridgehead atoms. The first-order chi connectivity index (χ1) is 14.5. The zero-order valence-corrected chi connectivity index (χ0v) is 17.2. The van der Waals surface area contributed by atoms with Crippen LogP contribution in [0.2, 0.25) is 0 Å². The molecule has 6 heteroatoms. The van der Waals surface area contributed by atoms with Crippen molar-refractivity contribution in [2.24, 2.45) is 7.05 Å². The Morgan fingerprint density at radius 3 is 2.63 bits per heavy atom. The minimum atomic E-state index is -0.947. The van der Waals surface area contributed by atoms with Crippen LogP contribution in [0.1, 0.15) is 43.2 Å². The minimum Gasteiger partial charge on any atom is -0.445 e. The van der Waals surface area contributed by atoms with Crippen molar-refractivity contribution >= 4 is 17.0 Å². The van der Waals surface area contributed by atoms with Gasteiger partial charge in [0, 0.05) is 43.6 Å². The van der Waals surface area contributed by atoms with Crippen molar-refractivity contribution in [1.29, 1.82) is 0 Å². The molecular formula is C24H27N3O3. The SMILES string of the molecule is Cn1cc2ccc(C3(O)CC4CCCC(C3)N4C(=O)OCc3ccccc3)cc2n1. The molecule has 3 aromatic rings. The fourth-order valence-corrected chi connectivity index (χ4v) is 5.19. The molecule has 30 heavy (non-hydrogen) atoms. The number of aromatic nitrogens is 2. The normalized spacial score (nSPS) is 26.0. The molecule has 2 unspecified atom stereocenters. The van der Waals surface area contributed by atoms with Crippen molar-refractivity contribution in [3.05, 3.63) is 65.9 Å². The summed E-state index contributed by atoms with van der Waals surface area (Å²) in [4.78, 5) is 14.8. The van der Waals surface area contributed by atoms with Gasteiger partial charge in [0.2, 0.25) is 0 Å². The highest BCUT2D eigenvalue weighted by Gasteiger charge is 2.48. The number of aliphatic hydroxyl groups is 1. The van der Waals surface area contributed by atoms with Gasteiger partial charge in [0.15, 0.2) is 0 Å². The molecule has 0 saturated carbocycles. The fraction of sp³-hybridized carbons (Fsp3) is 0.417. The van der Waals surface area contributed by atoms with Gasteiger partial charge in [-0.15, -0.1) is 0 Å². The summed E-state index contributed by atoms with van der Waals surface area (Å²) in [5, 5.41) is 17.2. The fourth-order valence-electron chi connectivity index (χ4n) is 5.19. The van der Waals surface area contributed by atoms with E-state index in [2.05, 4.69) is 5.10 Å². The van der Waals surface area contributed by atoms with Crippen LogP contribution in [0.5, 0.6) is 0 Å². The molecule has 2 aliphatic heterocycles. The third-order valence-corrected chi connectivity index (χ3v) is 6.58. The molecule has 2 aromatic carbocycles. The van der Waals surface area contributed by atoms with Crippen LogP contribution < -0.4 is 0 Å². The predicted octanol–water partition coefficient (Wildman–Crippen LogP) is 4.11. The lowest BCUT2D eigenvalue weighted by atomic mass is 9.72. The Balaban J connectivity index is 1.35. The van der Waals surface area contributed by atoms with Crippen molar-refractivity contribution in [1.82, 2.24) is 14.7 Å². The molecule has 0 spiro atoms. The molecular weight excluding hydrogens is 378 g/mol. The van der Waals surface area contributed by atoms with Gasteiger partial charge in [-0.1, -0.05) is 42.5 Å². The monoisotopic (exact) mass is 405 g/mol. The maximum atomic E-state index is 12.9. The van der Waals surface area contributed by atoms with E-state index in [9.17, 15) is 9.90 Å². The number of piperidine rings is 2. The van der Waals surface area contributed by atoms with E-state index < -0.39 is 5.60 Å². The van der Waals surface area contributed by atoms with Crippen molar-refractivity contribution in [2.45, 2.75) is 56.4 Å². The summed E-state index contributed by atoms with van der Waals surface area (Å²) in [6, 6.07) is 15.7. The van der Waals surface area contributed by atoms with Crippen molar-refractivity contribution in [3.8, 4) is 0 Å². The first-order valence-electron chi connectivity index (χ1n) is 10.7. The van der Waals surface area contributed by atoms with Crippen molar-refractivity contribution in [2.75, 3.05) is 0 Å². The van der Waals surface area contributed by atoms with Gasteiger partial charge in [-0.2, -0.15) is 5.10 Å². The van der Waals surface area contributed by atoms with Crippen LogP contribution in [0, 0.1) is 0 Å². The summed E-state index contributed by atoms with van der Waals surface area (Å²) in [6.45, 7) is 0.274. The number of rotatable bonds is 3. The van der Waals surface area contributed by atoms with E-state index in [0.29, 0.717) is 12.8 Å². The van der Waals surface area contributed by atoms with Crippen LogP contribution in [0.25, 0.3) is 10.9 Å². The number of amides is 1. The smallest absolute Gasteiger partial charge is 0.410 e. The van der Waals surface area contributed by atoms with Crippen LogP contribution >= 0.6 is 0 Å². The highest BCUT2D eigenvalue weighted by molar-refractivity contribution is 5.79. The van der Waals surface area contributed by atoms with E-state index in [1.54, 1.807) is 4.68 Å².